The molecule has 0 bridgehead atoms. The summed E-state index contributed by atoms with van der Waals surface area (Å²) in [5, 5.41) is 8.92. The van der Waals surface area contributed by atoms with Crippen LogP contribution in [0.3, 0.4) is 0 Å². The summed E-state index contributed by atoms with van der Waals surface area (Å²) in [4.78, 5) is 2.32. The maximum Gasteiger partial charge on any atom is 0.243 e. The normalized spacial score (nSPS) is 19.1. The highest BCUT2D eigenvalue weighted by Gasteiger charge is 2.30. The predicted octanol–water partition coefficient (Wildman–Crippen LogP) is 1.98. The highest BCUT2D eigenvalue weighted by molar-refractivity contribution is 9.10. The molecule has 1 aliphatic heterocycles. The van der Waals surface area contributed by atoms with Crippen molar-refractivity contribution in [3.05, 3.63) is 28.2 Å². The Labute approximate surface area is 134 Å². The smallest absolute Gasteiger partial charge is 0.243 e. The number of hydrogen-bond donors (Lipinski definition) is 0. The molecule has 5 nitrogen and oxygen atoms in total. The van der Waals surface area contributed by atoms with Crippen LogP contribution in [0.1, 0.15) is 12.5 Å². The van der Waals surface area contributed by atoms with E-state index in [0.29, 0.717) is 31.1 Å². The molecule has 1 saturated heterocycles. The van der Waals surface area contributed by atoms with Gasteiger partial charge >= 0.3 is 0 Å². The molecule has 1 aliphatic rings. The number of nitrogens with zero attached hydrogens (tertiary/aromatic N) is 3. The lowest BCUT2D eigenvalue weighted by atomic mass is 10.2. The minimum atomic E-state index is -3.45. The summed E-state index contributed by atoms with van der Waals surface area (Å²) in [6.07, 6.45) is 0. The first-order valence-electron chi connectivity index (χ1n) is 6.76. The molecule has 0 saturated carbocycles. The molecule has 0 aliphatic carbocycles. The molecule has 1 atom stereocenters. The summed E-state index contributed by atoms with van der Waals surface area (Å²) in [5.74, 6) is 0. The SMILES string of the molecule is Cc1cc(S(=O)(=O)N2CCN([C@H](C)C#N)CC2)ccc1Br. The van der Waals surface area contributed by atoms with Gasteiger partial charge in [-0.25, -0.2) is 8.42 Å². The van der Waals surface area contributed by atoms with E-state index in [0.717, 1.165) is 10.0 Å². The Morgan fingerprint density at radius 2 is 1.90 bits per heavy atom. The molecule has 0 unspecified atom stereocenters. The van der Waals surface area contributed by atoms with E-state index in [1.807, 2.05) is 18.7 Å². The first-order chi connectivity index (χ1) is 9.86. The van der Waals surface area contributed by atoms with E-state index in [9.17, 15) is 8.42 Å². The fourth-order valence-corrected chi connectivity index (χ4v) is 4.09. The quantitative estimate of drug-likeness (QED) is 0.814. The Kier molecular flexibility index (Phi) is 5.04. The third-order valence-electron chi connectivity index (χ3n) is 3.77. The van der Waals surface area contributed by atoms with Crippen molar-refractivity contribution in [2.75, 3.05) is 26.2 Å². The number of piperazine rings is 1. The van der Waals surface area contributed by atoms with Crippen LogP contribution in [0.5, 0.6) is 0 Å². The second-order valence-corrected chi connectivity index (χ2v) is 7.95. The Bertz CT molecular complexity index is 661. The number of rotatable bonds is 3. The first kappa shape index (κ1) is 16.4. The number of aryl methyl sites for hydroxylation is 1. The van der Waals surface area contributed by atoms with Crippen LogP contribution in [0.25, 0.3) is 0 Å². The van der Waals surface area contributed by atoms with Crippen molar-refractivity contribution >= 4 is 26.0 Å². The second-order valence-electron chi connectivity index (χ2n) is 5.16. The fourth-order valence-electron chi connectivity index (χ4n) is 2.34. The van der Waals surface area contributed by atoms with Gasteiger partial charge in [0.05, 0.1) is 17.0 Å². The number of nitriles is 1. The molecule has 2 rings (SSSR count). The Morgan fingerprint density at radius 3 is 2.43 bits per heavy atom. The van der Waals surface area contributed by atoms with Crippen LogP contribution in [0, 0.1) is 18.3 Å². The maximum atomic E-state index is 12.6. The molecule has 1 aromatic rings. The van der Waals surface area contributed by atoms with E-state index in [-0.39, 0.29) is 6.04 Å². The van der Waals surface area contributed by atoms with E-state index in [1.54, 1.807) is 18.2 Å². The van der Waals surface area contributed by atoms with Crippen LogP contribution in [-0.2, 0) is 10.0 Å². The van der Waals surface area contributed by atoms with Crippen LogP contribution in [0.15, 0.2) is 27.6 Å². The monoisotopic (exact) mass is 371 g/mol. The van der Waals surface area contributed by atoms with Gasteiger partial charge in [0.1, 0.15) is 0 Å². The van der Waals surface area contributed by atoms with Gasteiger partial charge in [0.15, 0.2) is 0 Å². The third-order valence-corrected chi connectivity index (χ3v) is 6.56. The fraction of sp³-hybridized carbons (Fsp3) is 0.500. The molecule has 0 amide bonds. The van der Waals surface area contributed by atoms with Crippen LogP contribution in [-0.4, -0.2) is 49.8 Å². The van der Waals surface area contributed by atoms with Gasteiger partial charge in [-0.1, -0.05) is 15.9 Å². The van der Waals surface area contributed by atoms with Gasteiger partial charge in [-0.3, -0.25) is 4.90 Å². The lowest BCUT2D eigenvalue weighted by Crippen LogP contribution is -2.50. The van der Waals surface area contributed by atoms with Crippen molar-refractivity contribution < 1.29 is 8.42 Å². The van der Waals surface area contributed by atoms with Gasteiger partial charge in [-0.2, -0.15) is 9.57 Å². The molecule has 21 heavy (non-hydrogen) atoms. The van der Waals surface area contributed by atoms with E-state index in [2.05, 4.69) is 22.0 Å². The van der Waals surface area contributed by atoms with Crippen LogP contribution >= 0.6 is 15.9 Å². The minimum absolute atomic E-state index is 0.176. The number of hydrogen-bond acceptors (Lipinski definition) is 4. The van der Waals surface area contributed by atoms with Crippen molar-refractivity contribution in [1.29, 1.82) is 5.26 Å². The van der Waals surface area contributed by atoms with Gasteiger partial charge in [0.25, 0.3) is 0 Å². The zero-order valence-electron chi connectivity index (χ0n) is 12.1. The molecule has 0 spiro atoms. The zero-order chi connectivity index (χ0) is 15.6. The van der Waals surface area contributed by atoms with Crippen LogP contribution in [0.2, 0.25) is 0 Å². The largest absolute Gasteiger partial charge is 0.286 e. The lowest BCUT2D eigenvalue weighted by molar-refractivity contribution is 0.169. The summed E-state index contributed by atoms with van der Waals surface area (Å²) >= 11 is 3.38. The van der Waals surface area contributed by atoms with Crippen LogP contribution in [0.4, 0.5) is 0 Å². The molecule has 1 aromatic carbocycles. The highest BCUT2D eigenvalue weighted by atomic mass is 79.9. The Balaban J connectivity index is 2.15. The molecule has 114 valence electrons. The molecule has 7 heteroatoms. The van der Waals surface area contributed by atoms with Crippen molar-refractivity contribution in [3.63, 3.8) is 0 Å². The standard InChI is InChI=1S/C14H18BrN3O2S/c1-11-9-13(3-4-14(11)15)21(19,20)18-7-5-17(6-8-18)12(2)10-16/h3-4,9,12H,5-8H2,1-2H3/t12-/m1/s1. The summed E-state index contributed by atoms with van der Waals surface area (Å²) in [7, 11) is -3.45. The number of sulfonamides is 1. The topological polar surface area (TPSA) is 64.4 Å². The van der Waals surface area contributed by atoms with Gasteiger partial charge in [0, 0.05) is 30.7 Å². The number of halogens is 1. The van der Waals surface area contributed by atoms with E-state index >= 15 is 0 Å². The Hall–Kier alpha value is -0.940. The molecular formula is C14H18BrN3O2S. The molecule has 0 aromatic heterocycles. The lowest BCUT2D eigenvalue weighted by Gasteiger charge is -2.35. The minimum Gasteiger partial charge on any atom is -0.286 e. The van der Waals surface area contributed by atoms with Gasteiger partial charge < -0.3 is 0 Å². The summed E-state index contributed by atoms with van der Waals surface area (Å²) in [6, 6.07) is 7.08. The second kappa shape index (κ2) is 6.44. The van der Waals surface area contributed by atoms with Crippen molar-refractivity contribution in [3.8, 4) is 6.07 Å². The maximum absolute atomic E-state index is 12.6. The molecule has 0 N–H and O–H groups in total. The molecule has 1 fully saturated rings. The molecular weight excluding hydrogens is 354 g/mol. The van der Waals surface area contributed by atoms with Gasteiger partial charge in [0.2, 0.25) is 10.0 Å². The van der Waals surface area contributed by atoms with Crippen molar-refractivity contribution in [2.45, 2.75) is 24.8 Å². The Morgan fingerprint density at radius 1 is 1.29 bits per heavy atom. The average molecular weight is 372 g/mol. The molecule has 0 radical (unpaired) electrons. The summed E-state index contributed by atoms with van der Waals surface area (Å²) in [5.41, 5.74) is 0.896. The van der Waals surface area contributed by atoms with Crippen molar-refractivity contribution in [2.24, 2.45) is 0 Å². The zero-order valence-corrected chi connectivity index (χ0v) is 14.5. The average Bonchev–Trinajstić information content (AvgIpc) is 2.49. The van der Waals surface area contributed by atoms with Crippen LogP contribution < -0.4 is 0 Å². The molecule has 1 heterocycles. The summed E-state index contributed by atoms with van der Waals surface area (Å²) < 4.78 is 27.6. The number of benzene rings is 1. The summed E-state index contributed by atoms with van der Waals surface area (Å²) in [6.45, 7) is 5.72. The van der Waals surface area contributed by atoms with Gasteiger partial charge in [-0.15, -0.1) is 0 Å². The van der Waals surface area contributed by atoms with E-state index < -0.39 is 10.0 Å². The van der Waals surface area contributed by atoms with Gasteiger partial charge in [-0.05, 0) is 37.6 Å². The first-order valence-corrected chi connectivity index (χ1v) is 8.99. The predicted molar refractivity (Wildman–Crippen MR) is 84.3 cm³/mol. The third kappa shape index (κ3) is 3.46. The highest BCUT2D eigenvalue weighted by Crippen LogP contribution is 2.23. The van der Waals surface area contributed by atoms with E-state index in [1.165, 1.54) is 4.31 Å². The van der Waals surface area contributed by atoms with Crippen molar-refractivity contribution in [1.82, 2.24) is 9.21 Å². The van der Waals surface area contributed by atoms with E-state index in [4.69, 9.17) is 5.26 Å².